The van der Waals surface area contributed by atoms with Crippen molar-refractivity contribution in [3.63, 3.8) is 0 Å². The van der Waals surface area contributed by atoms with Crippen LogP contribution >= 0.6 is 0 Å². The predicted molar refractivity (Wildman–Crippen MR) is 115 cm³/mol. The summed E-state index contributed by atoms with van der Waals surface area (Å²) in [6, 6.07) is 6.77. The lowest BCUT2D eigenvalue weighted by Crippen LogP contribution is -2.44. The van der Waals surface area contributed by atoms with Crippen LogP contribution in [0.5, 0.6) is 5.75 Å². The number of para-hydroxylation sites is 1. The smallest absolute Gasteiger partial charge is 0.417 e. The topological polar surface area (TPSA) is 138 Å². The van der Waals surface area contributed by atoms with Crippen molar-refractivity contribution in [1.82, 2.24) is 5.32 Å². The standard InChI is InChI=1S/C22H31N3O6/c1-5-6-7-11-18(26)25-17-10-8-9-15(12-23)19(17)30-14-16(13-24-22(2,3)4)31-21(29)20(27)28/h8-10,16,24H,5-7,11,13-14H2,1-4H3,(H,25,26)(H,27,28). The molecule has 0 radical (unpaired) electrons. The number of ether oxygens (including phenoxy) is 2. The van der Waals surface area contributed by atoms with Crippen molar-refractivity contribution >= 4 is 23.5 Å². The molecule has 0 aromatic heterocycles. The van der Waals surface area contributed by atoms with Gasteiger partial charge in [-0.15, -0.1) is 0 Å². The van der Waals surface area contributed by atoms with E-state index in [1.807, 2.05) is 33.8 Å². The van der Waals surface area contributed by atoms with Gasteiger partial charge in [0.1, 0.15) is 18.8 Å². The van der Waals surface area contributed by atoms with E-state index >= 15 is 0 Å². The summed E-state index contributed by atoms with van der Waals surface area (Å²) in [7, 11) is 0. The quantitative estimate of drug-likeness (QED) is 0.275. The summed E-state index contributed by atoms with van der Waals surface area (Å²) in [5.74, 6) is -3.17. The number of amides is 1. The van der Waals surface area contributed by atoms with Crippen molar-refractivity contribution in [2.45, 2.75) is 65.0 Å². The highest BCUT2D eigenvalue weighted by molar-refractivity contribution is 6.28. The molecule has 0 aliphatic heterocycles. The fourth-order valence-corrected chi connectivity index (χ4v) is 2.56. The molecule has 0 spiro atoms. The number of anilines is 1. The first-order valence-electron chi connectivity index (χ1n) is 10.2. The summed E-state index contributed by atoms with van der Waals surface area (Å²) in [4.78, 5) is 34.6. The van der Waals surface area contributed by atoms with Crippen molar-refractivity contribution in [3.8, 4) is 11.8 Å². The Bertz CT molecular complexity index is 810. The molecule has 0 aliphatic carbocycles. The number of hydrogen-bond acceptors (Lipinski definition) is 7. The van der Waals surface area contributed by atoms with Crippen LogP contribution < -0.4 is 15.4 Å². The molecule has 1 rings (SSSR count). The monoisotopic (exact) mass is 433 g/mol. The molecule has 3 N–H and O–H groups in total. The fourth-order valence-electron chi connectivity index (χ4n) is 2.56. The molecule has 1 amide bonds. The zero-order valence-electron chi connectivity index (χ0n) is 18.5. The summed E-state index contributed by atoms with van der Waals surface area (Å²) in [6.07, 6.45) is 2.10. The van der Waals surface area contributed by atoms with Gasteiger partial charge < -0.3 is 25.2 Å². The average molecular weight is 434 g/mol. The molecule has 31 heavy (non-hydrogen) atoms. The maximum absolute atomic E-state index is 12.2. The molecule has 170 valence electrons. The first-order chi connectivity index (χ1) is 14.6. The average Bonchev–Trinajstić information content (AvgIpc) is 2.69. The minimum absolute atomic E-state index is 0.135. The van der Waals surface area contributed by atoms with Gasteiger partial charge in [0.05, 0.1) is 11.3 Å². The number of benzene rings is 1. The Morgan fingerprint density at radius 2 is 1.94 bits per heavy atom. The van der Waals surface area contributed by atoms with Crippen LogP contribution in [0.4, 0.5) is 5.69 Å². The van der Waals surface area contributed by atoms with Gasteiger partial charge in [-0.05, 0) is 39.3 Å². The van der Waals surface area contributed by atoms with Gasteiger partial charge in [-0.2, -0.15) is 5.26 Å². The molecule has 0 saturated carbocycles. The summed E-state index contributed by atoms with van der Waals surface area (Å²) in [6.45, 7) is 7.68. The van der Waals surface area contributed by atoms with Crippen molar-refractivity contribution < 1.29 is 29.0 Å². The molecule has 0 fully saturated rings. The van der Waals surface area contributed by atoms with Gasteiger partial charge in [0.15, 0.2) is 5.75 Å². The number of aliphatic carboxylic acids is 1. The van der Waals surface area contributed by atoms with E-state index in [9.17, 15) is 19.6 Å². The third-order valence-corrected chi connectivity index (χ3v) is 4.14. The molecule has 1 unspecified atom stereocenters. The third kappa shape index (κ3) is 9.96. The van der Waals surface area contributed by atoms with Crippen LogP contribution in [0.3, 0.4) is 0 Å². The zero-order chi connectivity index (χ0) is 23.4. The first kappa shape index (κ1) is 25.9. The highest BCUT2D eigenvalue weighted by Gasteiger charge is 2.24. The van der Waals surface area contributed by atoms with Crippen LogP contribution in [0, 0.1) is 11.3 Å². The van der Waals surface area contributed by atoms with Gasteiger partial charge in [-0.3, -0.25) is 4.79 Å². The molecular weight excluding hydrogens is 402 g/mol. The Kier molecular flexibility index (Phi) is 10.5. The molecule has 1 aromatic carbocycles. The maximum atomic E-state index is 12.2. The van der Waals surface area contributed by atoms with Gasteiger partial charge in [0.25, 0.3) is 0 Å². The van der Waals surface area contributed by atoms with Crippen molar-refractivity contribution in [3.05, 3.63) is 23.8 Å². The van der Waals surface area contributed by atoms with Crippen LogP contribution in [0.2, 0.25) is 0 Å². The number of nitriles is 1. The summed E-state index contributed by atoms with van der Waals surface area (Å²) < 4.78 is 10.7. The molecule has 0 bridgehead atoms. The number of carbonyl (C=O) groups excluding carboxylic acids is 2. The number of carboxylic acids is 1. The number of carbonyl (C=O) groups is 3. The maximum Gasteiger partial charge on any atom is 0.417 e. The van der Waals surface area contributed by atoms with Crippen molar-refractivity contribution in [1.29, 1.82) is 5.26 Å². The Balaban J connectivity index is 2.97. The van der Waals surface area contributed by atoms with Crippen LogP contribution in [0.25, 0.3) is 0 Å². The SMILES string of the molecule is CCCCCC(=O)Nc1cccc(C#N)c1OCC(CNC(C)(C)C)OC(=O)C(=O)O. The zero-order valence-corrected chi connectivity index (χ0v) is 18.5. The van der Waals surface area contributed by atoms with Crippen molar-refractivity contribution in [2.24, 2.45) is 0 Å². The predicted octanol–water partition coefficient (Wildman–Crippen LogP) is 2.84. The highest BCUT2D eigenvalue weighted by Crippen LogP contribution is 2.29. The van der Waals surface area contributed by atoms with Gasteiger partial charge in [-0.25, -0.2) is 9.59 Å². The van der Waals surface area contributed by atoms with E-state index in [1.165, 1.54) is 6.07 Å². The van der Waals surface area contributed by atoms with E-state index < -0.39 is 18.0 Å². The van der Waals surface area contributed by atoms with Crippen molar-refractivity contribution in [2.75, 3.05) is 18.5 Å². The number of hydrogen-bond donors (Lipinski definition) is 3. The number of unbranched alkanes of at least 4 members (excludes halogenated alkanes) is 2. The Labute approximate surface area is 182 Å². The second kappa shape index (κ2) is 12.5. The molecule has 1 atom stereocenters. The number of nitrogens with one attached hydrogen (secondary N) is 2. The second-order valence-corrected chi connectivity index (χ2v) is 8.07. The summed E-state index contributed by atoms with van der Waals surface area (Å²) in [5.41, 5.74) is 0.210. The molecule has 9 nitrogen and oxygen atoms in total. The second-order valence-electron chi connectivity index (χ2n) is 8.07. The minimum Gasteiger partial charge on any atom is -0.486 e. The van der Waals surface area contributed by atoms with Crippen LogP contribution in [-0.4, -0.2) is 47.7 Å². The van der Waals surface area contributed by atoms with Gasteiger partial charge >= 0.3 is 11.9 Å². The Hall–Kier alpha value is -3.12. The normalized spacial score (nSPS) is 11.8. The fraction of sp³-hybridized carbons (Fsp3) is 0.545. The highest BCUT2D eigenvalue weighted by atomic mass is 16.6. The Morgan fingerprint density at radius 1 is 1.23 bits per heavy atom. The van der Waals surface area contributed by atoms with Gasteiger partial charge in [0.2, 0.25) is 5.91 Å². The third-order valence-electron chi connectivity index (χ3n) is 4.14. The summed E-state index contributed by atoms with van der Waals surface area (Å²) in [5, 5.41) is 24.1. The minimum atomic E-state index is -1.71. The van der Waals surface area contributed by atoms with E-state index in [-0.39, 0.29) is 35.9 Å². The largest absolute Gasteiger partial charge is 0.486 e. The molecule has 0 saturated heterocycles. The van der Waals surface area contributed by atoms with Gasteiger partial charge in [-0.1, -0.05) is 25.8 Å². The van der Waals surface area contributed by atoms with Crippen LogP contribution in [0.1, 0.15) is 58.9 Å². The van der Waals surface area contributed by atoms with E-state index in [1.54, 1.807) is 12.1 Å². The lowest BCUT2D eigenvalue weighted by Gasteiger charge is -2.25. The molecule has 0 aliphatic rings. The molecule has 1 aromatic rings. The molecular formula is C22H31N3O6. The Morgan fingerprint density at radius 3 is 2.52 bits per heavy atom. The first-order valence-corrected chi connectivity index (χ1v) is 10.2. The van der Waals surface area contributed by atoms with Crippen LogP contribution in [0.15, 0.2) is 18.2 Å². The van der Waals surface area contributed by atoms with Gasteiger partial charge in [0, 0.05) is 18.5 Å². The molecule has 0 heterocycles. The number of rotatable bonds is 11. The molecule has 9 heteroatoms. The van der Waals surface area contributed by atoms with E-state index in [0.717, 1.165) is 19.3 Å². The lowest BCUT2D eigenvalue weighted by molar-refractivity contribution is -0.168. The van der Waals surface area contributed by atoms with E-state index in [4.69, 9.17) is 14.6 Å². The number of nitrogens with zero attached hydrogens (tertiary/aromatic N) is 1. The number of carboxylic acid groups (broad SMARTS) is 1. The van der Waals surface area contributed by atoms with E-state index in [0.29, 0.717) is 12.1 Å². The number of esters is 1. The van der Waals surface area contributed by atoms with E-state index in [2.05, 4.69) is 10.6 Å². The van der Waals surface area contributed by atoms with Crippen LogP contribution in [-0.2, 0) is 19.1 Å². The lowest BCUT2D eigenvalue weighted by atomic mass is 10.1. The summed E-state index contributed by atoms with van der Waals surface area (Å²) >= 11 is 0.